The normalized spacial score (nSPS) is 10.4. The van der Waals surface area contributed by atoms with Crippen LogP contribution in [-0.2, 0) is 0 Å². The van der Waals surface area contributed by atoms with Gasteiger partial charge in [-0.3, -0.25) is 9.59 Å². The first-order valence-electron chi connectivity index (χ1n) is 7.50. The van der Waals surface area contributed by atoms with Crippen LogP contribution < -0.4 is 15.6 Å². The van der Waals surface area contributed by atoms with Crippen LogP contribution in [-0.4, -0.2) is 22.8 Å². The summed E-state index contributed by atoms with van der Waals surface area (Å²) in [7, 11) is 1.32. The third kappa shape index (κ3) is 3.65. The maximum Gasteiger partial charge on any atom is 0.280 e. The number of carbonyl (C=O) groups excluding carboxylic acids is 1. The van der Waals surface area contributed by atoms with Crippen molar-refractivity contribution in [2.45, 2.75) is 0 Å². The largest absolute Gasteiger partial charge is 0.494 e. The molecule has 0 saturated heterocycles. The molecule has 0 atom stereocenters. The first-order chi connectivity index (χ1) is 12.5. The van der Waals surface area contributed by atoms with Gasteiger partial charge >= 0.3 is 0 Å². The smallest absolute Gasteiger partial charge is 0.280 e. The Balaban J connectivity index is 2.02. The van der Waals surface area contributed by atoms with E-state index in [0.29, 0.717) is 10.2 Å². The van der Waals surface area contributed by atoms with Crippen LogP contribution in [0, 0.1) is 5.82 Å². The average Bonchev–Trinajstić information content (AvgIpc) is 2.64. The molecule has 0 saturated carbocycles. The zero-order valence-corrected chi connectivity index (χ0v) is 15.2. The molecule has 0 unspecified atom stereocenters. The first kappa shape index (κ1) is 17.8. The highest BCUT2D eigenvalue weighted by atomic mass is 79.9. The summed E-state index contributed by atoms with van der Waals surface area (Å²) >= 11 is 3.15. The molecule has 1 amide bonds. The Morgan fingerprint density at radius 3 is 2.58 bits per heavy atom. The van der Waals surface area contributed by atoms with Gasteiger partial charge < -0.3 is 10.1 Å². The summed E-state index contributed by atoms with van der Waals surface area (Å²) < 4.78 is 20.7. The average molecular weight is 418 g/mol. The van der Waals surface area contributed by atoms with Gasteiger partial charge in [0, 0.05) is 4.47 Å². The number of aromatic nitrogens is 2. The van der Waals surface area contributed by atoms with Crippen molar-refractivity contribution in [1.29, 1.82) is 0 Å². The van der Waals surface area contributed by atoms with E-state index < -0.39 is 17.3 Å². The number of hydrogen-bond donors (Lipinski definition) is 1. The number of nitrogens with zero attached hydrogens (tertiary/aromatic N) is 2. The van der Waals surface area contributed by atoms with E-state index in [9.17, 15) is 14.0 Å². The van der Waals surface area contributed by atoms with Crippen LogP contribution >= 0.6 is 15.9 Å². The molecular formula is C18H13BrFN3O3. The summed E-state index contributed by atoms with van der Waals surface area (Å²) in [6, 6.07) is 14.0. The number of carbonyl (C=O) groups is 1. The lowest BCUT2D eigenvalue weighted by Crippen LogP contribution is -2.26. The van der Waals surface area contributed by atoms with E-state index in [0.717, 1.165) is 10.7 Å². The predicted molar refractivity (Wildman–Crippen MR) is 98.4 cm³/mol. The lowest BCUT2D eigenvalue weighted by atomic mass is 10.2. The van der Waals surface area contributed by atoms with Crippen molar-refractivity contribution in [3.63, 3.8) is 0 Å². The molecule has 132 valence electrons. The van der Waals surface area contributed by atoms with E-state index >= 15 is 0 Å². The van der Waals surface area contributed by atoms with Gasteiger partial charge in [-0.1, -0.05) is 34.1 Å². The zero-order chi connectivity index (χ0) is 18.7. The number of benzene rings is 2. The molecule has 0 fully saturated rings. The van der Waals surface area contributed by atoms with Crippen molar-refractivity contribution >= 4 is 27.5 Å². The van der Waals surface area contributed by atoms with Crippen molar-refractivity contribution in [3.05, 3.63) is 80.9 Å². The molecule has 3 rings (SSSR count). The Bertz CT molecular complexity index is 1020. The fraction of sp³-hybridized carbons (Fsp3) is 0.0556. The van der Waals surface area contributed by atoms with E-state index in [-0.39, 0.29) is 17.1 Å². The molecule has 8 heteroatoms. The predicted octanol–water partition coefficient (Wildman–Crippen LogP) is 3.40. The summed E-state index contributed by atoms with van der Waals surface area (Å²) in [5.41, 5.74) is -0.124. The van der Waals surface area contributed by atoms with Crippen molar-refractivity contribution in [2.24, 2.45) is 0 Å². The van der Waals surface area contributed by atoms with Gasteiger partial charge in [-0.15, -0.1) is 0 Å². The van der Waals surface area contributed by atoms with Crippen molar-refractivity contribution in [3.8, 4) is 11.4 Å². The highest BCUT2D eigenvalue weighted by Gasteiger charge is 2.19. The molecule has 0 radical (unpaired) electrons. The molecule has 3 aromatic rings. The summed E-state index contributed by atoms with van der Waals surface area (Å²) in [6.07, 6.45) is 0. The van der Waals surface area contributed by atoms with Crippen LogP contribution in [0.3, 0.4) is 0 Å². The van der Waals surface area contributed by atoms with Gasteiger partial charge in [-0.25, -0.2) is 4.39 Å². The Morgan fingerprint density at radius 2 is 1.92 bits per heavy atom. The zero-order valence-electron chi connectivity index (χ0n) is 13.6. The van der Waals surface area contributed by atoms with Crippen LogP contribution in [0.2, 0.25) is 0 Å². The lowest BCUT2D eigenvalue weighted by molar-refractivity contribution is 0.101. The summed E-state index contributed by atoms with van der Waals surface area (Å²) in [5, 5.41) is 6.53. The summed E-state index contributed by atoms with van der Waals surface area (Å²) in [4.78, 5) is 24.8. The monoisotopic (exact) mass is 417 g/mol. The van der Waals surface area contributed by atoms with Crippen LogP contribution in [0.4, 0.5) is 10.1 Å². The van der Waals surface area contributed by atoms with E-state index in [2.05, 4.69) is 26.3 Å². The molecule has 1 heterocycles. The van der Waals surface area contributed by atoms with E-state index in [1.54, 1.807) is 36.4 Å². The van der Waals surface area contributed by atoms with Crippen LogP contribution in [0.5, 0.6) is 5.75 Å². The molecular weight excluding hydrogens is 405 g/mol. The number of nitrogens with one attached hydrogen (secondary N) is 1. The quantitative estimate of drug-likeness (QED) is 0.705. The van der Waals surface area contributed by atoms with Gasteiger partial charge in [0.05, 0.1) is 24.6 Å². The molecule has 1 aromatic heterocycles. The second-order valence-corrected chi connectivity index (χ2v) is 6.14. The Hall–Kier alpha value is -3.00. The topological polar surface area (TPSA) is 73.2 Å². The third-order valence-corrected chi connectivity index (χ3v) is 4.01. The molecule has 0 aliphatic carbocycles. The molecule has 0 aliphatic heterocycles. The Kier molecular flexibility index (Phi) is 5.13. The highest BCUT2D eigenvalue weighted by molar-refractivity contribution is 9.10. The minimum absolute atomic E-state index is 0.00259. The molecule has 1 N–H and O–H groups in total. The third-order valence-electron chi connectivity index (χ3n) is 3.51. The van der Waals surface area contributed by atoms with Gasteiger partial charge in [-0.05, 0) is 30.3 Å². The lowest BCUT2D eigenvalue weighted by Gasteiger charge is -2.12. The van der Waals surface area contributed by atoms with E-state index in [1.807, 2.05) is 0 Å². The fourth-order valence-electron chi connectivity index (χ4n) is 2.28. The van der Waals surface area contributed by atoms with Crippen LogP contribution in [0.15, 0.2) is 63.9 Å². The Labute approximate surface area is 156 Å². The van der Waals surface area contributed by atoms with Crippen molar-refractivity contribution < 1.29 is 13.9 Å². The summed E-state index contributed by atoms with van der Waals surface area (Å²) in [5.74, 6) is -1.31. The van der Waals surface area contributed by atoms with Crippen LogP contribution in [0.1, 0.15) is 10.5 Å². The number of amides is 1. The number of hydrogen-bond acceptors (Lipinski definition) is 4. The molecule has 2 aromatic carbocycles. The number of para-hydroxylation sites is 1. The first-order valence-corrected chi connectivity index (χ1v) is 8.29. The van der Waals surface area contributed by atoms with Gasteiger partial charge in [0.2, 0.25) is 0 Å². The molecule has 0 spiro atoms. The maximum absolute atomic E-state index is 14.0. The maximum atomic E-state index is 14.0. The summed E-state index contributed by atoms with van der Waals surface area (Å²) in [6.45, 7) is 0. The Morgan fingerprint density at radius 1 is 1.19 bits per heavy atom. The number of rotatable bonds is 4. The van der Waals surface area contributed by atoms with Gasteiger partial charge in [-0.2, -0.15) is 9.78 Å². The fourth-order valence-corrected chi connectivity index (χ4v) is 2.61. The van der Waals surface area contributed by atoms with Crippen LogP contribution in [0.25, 0.3) is 5.69 Å². The minimum Gasteiger partial charge on any atom is -0.494 e. The molecule has 26 heavy (non-hydrogen) atoms. The van der Waals surface area contributed by atoms with Crippen molar-refractivity contribution in [1.82, 2.24) is 9.78 Å². The van der Waals surface area contributed by atoms with Gasteiger partial charge in [0.15, 0.2) is 11.4 Å². The van der Waals surface area contributed by atoms with E-state index in [1.165, 1.54) is 19.2 Å². The number of ether oxygens (including phenoxy) is 1. The molecule has 0 aliphatic rings. The molecule has 0 bridgehead atoms. The second kappa shape index (κ2) is 7.49. The standard InChI is InChI=1S/C18H13BrFN3O3/c1-26-15-10-16(24)23(12-5-3-2-4-6-12)22-17(15)18(25)21-14-8-7-11(19)9-13(14)20/h2-10H,1H3,(H,21,25). The minimum atomic E-state index is -0.701. The second-order valence-electron chi connectivity index (χ2n) is 5.23. The van der Waals surface area contributed by atoms with Crippen molar-refractivity contribution in [2.75, 3.05) is 12.4 Å². The number of anilines is 1. The van der Waals surface area contributed by atoms with Gasteiger partial charge in [0.25, 0.3) is 11.5 Å². The van der Waals surface area contributed by atoms with Gasteiger partial charge in [0.1, 0.15) is 5.82 Å². The number of methoxy groups -OCH3 is 1. The highest BCUT2D eigenvalue weighted by Crippen LogP contribution is 2.21. The SMILES string of the molecule is COc1cc(=O)n(-c2ccccc2)nc1C(=O)Nc1ccc(Br)cc1F. The molecule has 6 nitrogen and oxygen atoms in total. The van der Waals surface area contributed by atoms with E-state index in [4.69, 9.17) is 4.74 Å². The number of halogens is 2.